The van der Waals surface area contributed by atoms with Crippen molar-refractivity contribution >= 4 is 0 Å². The molecule has 1 atom stereocenters. The lowest BCUT2D eigenvalue weighted by Crippen LogP contribution is -2.53. The molecular formula is C18H19N3O. The minimum absolute atomic E-state index is 0.539. The van der Waals surface area contributed by atoms with Crippen molar-refractivity contribution in [2.45, 2.75) is 12.3 Å². The van der Waals surface area contributed by atoms with Crippen LogP contribution in [0.5, 0.6) is 5.75 Å². The fraction of sp³-hybridized carbons (Fsp3) is 0.111. The molecular weight excluding hydrogens is 274 g/mol. The Morgan fingerprint density at radius 1 is 1.00 bits per heavy atom. The molecule has 0 spiro atoms. The van der Waals surface area contributed by atoms with E-state index in [0.29, 0.717) is 12.3 Å². The maximum atomic E-state index is 6.34. The Kier molecular flexibility index (Phi) is 3.85. The first-order valence-corrected chi connectivity index (χ1v) is 7.15. The van der Waals surface area contributed by atoms with Crippen LogP contribution in [0.1, 0.15) is 11.1 Å². The number of hydrogen-bond acceptors (Lipinski definition) is 4. The van der Waals surface area contributed by atoms with Crippen molar-refractivity contribution in [1.82, 2.24) is 5.32 Å². The Morgan fingerprint density at radius 3 is 2.41 bits per heavy atom. The molecule has 4 heteroatoms. The number of hydrogen-bond donors (Lipinski definition) is 3. The zero-order valence-electron chi connectivity index (χ0n) is 12.2. The van der Waals surface area contributed by atoms with Crippen molar-refractivity contribution in [3.05, 3.63) is 89.8 Å². The van der Waals surface area contributed by atoms with Gasteiger partial charge in [0, 0.05) is 0 Å². The quantitative estimate of drug-likeness (QED) is 0.809. The molecule has 0 amide bonds. The third-order valence-electron chi connectivity index (χ3n) is 3.70. The largest absolute Gasteiger partial charge is 0.489 e. The number of benzene rings is 2. The zero-order chi connectivity index (χ0) is 15.4. The van der Waals surface area contributed by atoms with E-state index in [0.717, 1.165) is 16.9 Å². The van der Waals surface area contributed by atoms with Gasteiger partial charge < -0.3 is 15.8 Å². The number of dihydropyridines is 1. The molecule has 2 aromatic carbocycles. The predicted molar refractivity (Wildman–Crippen MR) is 87.6 cm³/mol. The lowest BCUT2D eigenvalue weighted by Gasteiger charge is -2.33. The summed E-state index contributed by atoms with van der Waals surface area (Å²) < 4.78 is 5.77. The summed E-state index contributed by atoms with van der Waals surface area (Å²) in [5, 5.41) is 3.10. The first-order valence-electron chi connectivity index (χ1n) is 7.15. The van der Waals surface area contributed by atoms with Gasteiger partial charge in [-0.15, -0.1) is 0 Å². The minimum Gasteiger partial charge on any atom is -0.489 e. The molecule has 5 N–H and O–H groups in total. The highest BCUT2D eigenvalue weighted by Crippen LogP contribution is 2.25. The van der Waals surface area contributed by atoms with E-state index in [1.54, 1.807) is 12.3 Å². The van der Waals surface area contributed by atoms with Gasteiger partial charge in [-0.2, -0.15) is 0 Å². The van der Waals surface area contributed by atoms with E-state index in [1.165, 1.54) is 0 Å². The van der Waals surface area contributed by atoms with Crippen LogP contribution in [0.4, 0.5) is 0 Å². The second kappa shape index (κ2) is 5.95. The van der Waals surface area contributed by atoms with E-state index in [4.69, 9.17) is 16.2 Å². The van der Waals surface area contributed by atoms with Crippen molar-refractivity contribution in [3.8, 4) is 5.75 Å². The Morgan fingerprint density at radius 2 is 1.73 bits per heavy atom. The van der Waals surface area contributed by atoms with Crippen molar-refractivity contribution in [3.63, 3.8) is 0 Å². The second-order valence-corrected chi connectivity index (χ2v) is 5.23. The van der Waals surface area contributed by atoms with Crippen molar-refractivity contribution in [1.29, 1.82) is 0 Å². The van der Waals surface area contributed by atoms with E-state index in [1.807, 2.05) is 60.7 Å². The van der Waals surface area contributed by atoms with Gasteiger partial charge in [-0.1, -0.05) is 42.5 Å². The molecule has 0 radical (unpaired) electrons. The van der Waals surface area contributed by atoms with Crippen LogP contribution in [0.25, 0.3) is 0 Å². The van der Waals surface area contributed by atoms with Gasteiger partial charge in [0.25, 0.3) is 0 Å². The van der Waals surface area contributed by atoms with E-state index >= 15 is 0 Å². The number of nitrogens with two attached hydrogens (primary N) is 2. The average molecular weight is 293 g/mol. The Bertz CT molecular complexity index is 692. The predicted octanol–water partition coefficient (Wildman–Crippen LogP) is 2.34. The summed E-state index contributed by atoms with van der Waals surface area (Å²) >= 11 is 0. The topological polar surface area (TPSA) is 73.3 Å². The number of nitrogens with one attached hydrogen (secondary N) is 1. The van der Waals surface area contributed by atoms with Crippen LogP contribution in [-0.2, 0) is 12.3 Å². The summed E-state index contributed by atoms with van der Waals surface area (Å²) in [4.78, 5) is 0. The standard InChI is InChI=1S/C18H19N3O/c19-17-7-4-12-21-18(17,20)15-8-10-16(11-9-15)22-13-14-5-2-1-3-6-14/h1-12,21H,13,19-20H2. The summed E-state index contributed by atoms with van der Waals surface area (Å²) in [5.74, 6) is 0.796. The first kappa shape index (κ1) is 14.2. The van der Waals surface area contributed by atoms with Crippen LogP contribution in [0, 0.1) is 0 Å². The molecule has 3 rings (SSSR count). The molecule has 0 bridgehead atoms. The smallest absolute Gasteiger partial charge is 0.153 e. The average Bonchev–Trinajstić information content (AvgIpc) is 2.57. The van der Waals surface area contributed by atoms with Crippen LogP contribution in [-0.4, -0.2) is 0 Å². The van der Waals surface area contributed by atoms with Crippen LogP contribution >= 0.6 is 0 Å². The first-order chi connectivity index (χ1) is 10.7. The molecule has 2 aromatic rings. The molecule has 1 unspecified atom stereocenters. The van der Waals surface area contributed by atoms with E-state index < -0.39 is 5.66 Å². The molecule has 22 heavy (non-hydrogen) atoms. The van der Waals surface area contributed by atoms with Crippen LogP contribution in [0.3, 0.4) is 0 Å². The SMILES string of the molecule is NC1=CC=CNC1(N)c1ccc(OCc2ccccc2)cc1. The van der Waals surface area contributed by atoms with Gasteiger partial charge >= 0.3 is 0 Å². The summed E-state index contributed by atoms with van der Waals surface area (Å²) in [6.45, 7) is 0.539. The molecule has 0 aromatic heterocycles. The highest BCUT2D eigenvalue weighted by atomic mass is 16.5. The Hall–Kier alpha value is -2.72. The number of allylic oxidation sites excluding steroid dienone is 2. The van der Waals surface area contributed by atoms with Gasteiger partial charge in [-0.25, -0.2) is 0 Å². The molecule has 0 saturated carbocycles. The molecule has 112 valence electrons. The highest BCUT2D eigenvalue weighted by Gasteiger charge is 2.30. The Labute approximate surface area is 130 Å². The lowest BCUT2D eigenvalue weighted by atomic mass is 9.95. The monoisotopic (exact) mass is 293 g/mol. The molecule has 0 fully saturated rings. The van der Waals surface area contributed by atoms with Crippen LogP contribution in [0.2, 0.25) is 0 Å². The number of ether oxygens (including phenoxy) is 1. The minimum atomic E-state index is -0.868. The Balaban J connectivity index is 1.71. The molecule has 1 heterocycles. The van der Waals surface area contributed by atoms with Crippen LogP contribution in [0.15, 0.2) is 78.6 Å². The summed E-state index contributed by atoms with van der Waals surface area (Å²) in [7, 11) is 0. The molecule has 1 aliphatic heterocycles. The third kappa shape index (κ3) is 2.82. The second-order valence-electron chi connectivity index (χ2n) is 5.23. The van der Waals surface area contributed by atoms with Crippen molar-refractivity contribution in [2.75, 3.05) is 0 Å². The number of rotatable bonds is 4. The molecule has 0 saturated heterocycles. The maximum Gasteiger partial charge on any atom is 0.153 e. The van der Waals surface area contributed by atoms with Crippen LogP contribution < -0.4 is 21.5 Å². The molecule has 4 nitrogen and oxygen atoms in total. The van der Waals surface area contributed by atoms with Crippen molar-refractivity contribution in [2.24, 2.45) is 11.5 Å². The van der Waals surface area contributed by atoms with Crippen molar-refractivity contribution < 1.29 is 4.74 Å². The maximum absolute atomic E-state index is 6.34. The third-order valence-corrected chi connectivity index (χ3v) is 3.70. The summed E-state index contributed by atoms with van der Waals surface area (Å²) in [6.07, 6.45) is 5.42. The van der Waals surface area contributed by atoms with E-state index in [2.05, 4.69) is 5.32 Å². The van der Waals surface area contributed by atoms with E-state index in [-0.39, 0.29) is 0 Å². The normalized spacial score (nSPS) is 20.1. The molecule has 1 aliphatic rings. The highest BCUT2D eigenvalue weighted by molar-refractivity contribution is 5.40. The van der Waals surface area contributed by atoms with Gasteiger partial charge in [0.2, 0.25) is 0 Å². The van der Waals surface area contributed by atoms with Gasteiger partial charge in [-0.3, -0.25) is 5.73 Å². The van der Waals surface area contributed by atoms with Gasteiger partial charge in [0.1, 0.15) is 12.4 Å². The van der Waals surface area contributed by atoms with E-state index in [9.17, 15) is 0 Å². The fourth-order valence-corrected chi connectivity index (χ4v) is 2.35. The van der Waals surface area contributed by atoms with Gasteiger partial charge in [0.05, 0.1) is 5.70 Å². The summed E-state index contributed by atoms with van der Waals surface area (Å²) in [6, 6.07) is 17.7. The molecule has 0 aliphatic carbocycles. The zero-order valence-corrected chi connectivity index (χ0v) is 12.2. The van der Waals surface area contributed by atoms with Gasteiger partial charge in [-0.05, 0) is 41.6 Å². The summed E-state index contributed by atoms with van der Waals surface area (Å²) in [5.41, 5.74) is 14.1. The lowest BCUT2D eigenvalue weighted by molar-refractivity contribution is 0.306. The fourth-order valence-electron chi connectivity index (χ4n) is 2.35. The van der Waals surface area contributed by atoms with Gasteiger partial charge in [0.15, 0.2) is 5.66 Å².